The summed E-state index contributed by atoms with van der Waals surface area (Å²) < 4.78 is 5.77. The molecule has 3 rings (SSSR count). The highest BCUT2D eigenvalue weighted by Crippen LogP contribution is 2.38. The van der Waals surface area contributed by atoms with Crippen LogP contribution in [-0.4, -0.2) is 32.1 Å². The molecule has 1 fully saturated rings. The number of carbonyl (C=O) groups excluding carboxylic acids is 1. The minimum atomic E-state index is -0.230. The molecular weight excluding hydrogens is 264 g/mol. The summed E-state index contributed by atoms with van der Waals surface area (Å²) in [5.41, 5.74) is 0.703. The van der Waals surface area contributed by atoms with Crippen LogP contribution in [0.15, 0.2) is 24.3 Å². The molecule has 0 bridgehead atoms. The lowest BCUT2D eigenvalue weighted by molar-refractivity contribution is -0.127. The summed E-state index contributed by atoms with van der Waals surface area (Å²) in [5, 5.41) is 3.38. The van der Waals surface area contributed by atoms with Crippen molar-refractivity contribution >= 4 is 11.6 Å². The van der Waals surface area contributed by atoms with Crippen LogP contribution >= 0.6 is 0 Å². The Kier molecular flexibility index (Phi) is 4.15. The summed E-state index contributed by atoms with van der Waals surface area (Å²) in [6, 6.07) is 7.90. The maximum Gasteiger partial charge on any atom is 0.234 e. The van der Waals surface area contributed by atoms with Gasteiger partial charge in [0.2, 0.25) is 5.91 Å². The molecule has 1 aromatic rings. The molecule has 21 heavy (non-hydrogen) atoms. The van der Waals surface area contributed by atoms with E-state index in [0.717, 1.165) is 56.8 Å². The topological polar surface area (TPSA) is 41.6 Å². The Morgan fingerprint density at radius 3 is 3.05 bits per heavy atom. The van der Waals surface area contributed by atoms with Crippen molar-refractivity contribution in [2.45, 2.75) is 32.6 Å². The fraction of sp³-hybridized carbons (Fsp3) is 0.588. The average Bonchev–Trinajstić information content (AvgIpc) is 2.87. The fourth-order valence-corrected chi connectivity index (χ4v) is 3.55. The van der Waals surface area contributed by atoms with Gasteiger partial charge in [0.1, 0.15) is 5.75 Å². The van der Waals surface area contributed by atoms with E-state index >= 15 is 0 Å². The zero-order valence-corrected chi connectivity index (χ0v) is 12.7. The highest BCUT2D eigenvalue weighted by Gasteiger charge is 2.43. The van der Waals surface area contributed by atoms with Crippen molar-refractivity contribution in [2.75, 3.05) is 31.1 Å². The van der Waals surface area contributed by atoms with Gasteiger partial charge < -0.3 is 15.0 Å². The van der Waals surface area contributed by atoms with E-state index in [1.54, 1.807) is 0 Å². The molecule has 4 heteroatoms. The fourth-order valence-electron chi connectivity index (χ4n) is 3.55. The van der Waals surface area contributed by atoms with E-state index in [1.165, 1.54) is 0 Å². The molecule has 0 aromatic heterocycles. The monoisotopic (exact) mass is 288 g/mol. The van der Waals surface area contributed by atoms with Crippen molar-refractivity contribution in [1.29, 1.82) is 0 Å². The maximum absolute atomic E-state index is 13.3. The Morgan fingerprint density at radius 2 is 2.29 bits per heavy atom. The molecule has 1 saturated heterocycles. The van der Waals surface area contributed by atoms with Gasteiger partial charge in [-0.25, -0.2) is 0 Å². The van der Waals surface area contributed by atoms with Crippen molar-refractivity contribution in [3.63, 3.8) is 0 Å². The first-order chi connectivity index (χ1) is 10.3. The van der Waals surface area contributed by atoms with Crippen LogP contribution in [0.4, 0.5) is 5.69 Å². The van der Waals surface area contributed by atoms with Crippen LogP contribution in [0, 0.1) is 5.41 Å². The first kappa shape index (κ1) is 14.4. The van der Waals surface area contributed by atoms with Gasteiger partial charge in [-0.15, -0.1) is 0 Å². The van der Waals surface area contributed by atoms with Gasteiger partial charge in [-0.1, -0.05) is 25.5 Å². The van der Waals surface area contributed by atoms with Gasteiger partial charge in [-0.05, 0) is 37.9 Å². The largest absolute Gasteiger partial charge is 0.491 e. The number of anilines is 1. The van der Waals surface area contributed by atoms with Crippen LogP contribution in [0.25, 0.3) is 0 Å². The predicted octanol–water partition coefficient (Wildman–Crippen LogP) is 2.58. The van der Waals surface area contributed by atoms with Crippen molar-refractivity contribution in [2.24, 2.45) is 5.41 Å². The number of nitrogens with one attached hydrogen (secondary N) is 1. The van der Waals surface area contributed by atoms with Crippen LogP contribution in [0.3, 0.4) is 0 Å². The molecule has 0 spiro atoms. The highest BCUT2D eigenvalue weighted by molar-refractivity contribution is 5.99. The summed E-state index contributed by atoms with van der Waals surface area (Å²) >= 11 is 0. The number of hydrogen-bond donors (Lipinski definition) is 1. The lowest BCUT2D eigenvalue weighted by Gasteiger charge is -2.33. The number of ether oxygens (including phenoxy) is 1. The van der Waals surface area contributed by atoms with Crippen LogP contribution in [0.2, 0.25) is 0 Å². The third kappa shape index (κ3) is 2.64. The van der Waals surface area contributed by atoms with Crippen molar-refractivity contribution in [3.8, 4) is 5.75 Å². The number of fused-ring (bicyclic) bond motifs is 1. The SMILES string of the molecule is CCCC1(C(=O)N2CCCOc3ccccc32)CCNC1. The summed E-state index contributed by atoms with van der Waals surface area (Å²) in [6.07, 6.45) is 3.83. The van der Waals surface area contributed by atoms with Gasteiger partial charge in [-0.3, -0.25) is 4.79 Å². The minimum absolute atomic E-state index is 0.230. The molecular formula is C17H24N2O2. The van der Waals surface area contributed by atoms with Gasteiger partial charge in [0.25, 0.3) is 0 Å². The molecule has 0 aliphatic carbocycles. The summed E-state index contributed by atoms with van der Waals surface area (Å²) in [4.78, 5) is 15.2. The molecule has 1 unspecified atom stereocenters. The number of para-hydroxylation sites is 2. The number of carbonyl (C=O) groups is 1. The second kappa shape index (κ2) is 6.06. The lowest BCUT2D eigenvalue weighted by atomic mass is 9.81. The molecule has 1 aromatic carbocycles. The third-order valence-electron chi connectivity index (χ3n) is 4.61. The van der Waals surface area contributed by atoms with E-state index < -0.39 is 0 Å². The Bertz CT molecular complexity index is 509. The van der Waals surface area contributed by atoms with E-state index in [4.69, 9.17) is 4.74 Å². The molecule has 1 atom stereocenters. The normalized spacial score (nSPS) is 25.1. The quantitative estimate of drug-likeness (QED) is 0.929. The van der Waals surface area contributed by atoms with E-state index in [0.29, 0.717) is 6.61 Å². The maximum atomic E-state index is 13.3. The highest BCUT2D eigenvalue weighted by atomic mass is 16.5. The first-order valence-electron chi connectivity index (χ1n) is 8.01. The Hall–Kier alpha value is -1.55. The summed E-state index contributed by atoms with van der Waals surface area (Å²) in [5.74, 6) is 1.10. The van der Waals surface area contributed by atoms with Gasteiger partial charge in [0.15, 0.2) is 0 Å². The molecule has 2 aliphatic rings. The van der Waals surface area contributed by atoms with Gasteiger partial charge in [-0.2, -0.15) is 0 Å². The smallest absolute Gasteiger partial charge is 0.234 e. The number of hydrogen-bond acceptors (Lipinski definition) is 3. The number of amides is 1. The number of benzene rings is 1. The summed E-state index contributed by atoms with van der Waals surface area (Å²) in [6.45, 7) is 5.34. The Balaban J connectivity index is 1.93. The first-order valence-corrected chi connectivity index (χ1v) is 8.01. The molecule has 1 amide bonds. The van der Waals surface area contributed by atoms with E-state index in [1.807, 2.05) is 29.2 Å². The zero-order chi connectivity index (χ0) is 14.7. The van der Waals surface area contributed by atoms with Crippen molar-refractivity contribution in [3.05, 3.63) is 24.3 Å². The standard InChI is InChI=1S/C17H24N2O2/c1-2-8-17(9-10-18-13-17)16(20)19-11-5-12-21-15-7-4-3-6-14(15)19/h3-4,6-7,18H,2,5,8-13H2,1H3. The van der Waals surface area contributed by atoms with Crippen LogP contribution < -0.4 is 15.0 Å². The zero-order valence-electron chi connectivity index (χ0n) is 12.7. The third-order valence-corrected chi connectivity index (χ3v) is 4.61. The minimum Gasteiger partial charge on any atom is -0.491 e. The van der Waals surface area contributed by atoms with Gasteiger partial charge in [0.05, 0.1) is 17.7 Å². The molecule has 1 N–H and O–H groups in total. The molecule has 114 valence electrons. The average molecular weight is 288 g/mol. The molecule has 0 saturated carbocycles. The second-order valence-electron chi connectivity index (χ2n) is 6.08. The van der Waals surface area contributed by atoms with Crippen molar-refractivity contribution in [1.82, 2.24) is 5.32 Å². The van der Waals surface area contributed by atoms with Crippen LogP contribution in [0.5, 0.6) is 5.75 Å². The van der Waals surface area contributed by atoms with E-state index in [-0.39, 0.29) is 11.3 Å². The van der Waals surface area contributed by atoms with E-state index in [9.17, 15) is 4.79 Å². The van der Waals surface area contributed by atoms with E-state index in [2.05, 4.69) is 12.2 Å². The molecule has 2 aliphatic heterocycles. The van der Waals surface area contributed by atoms with Crippen molar-refractivity contribution < 1.29 is 9.53 Å². The molecule has 0 radical (unpaired) electrons. The molecule has 2 heterocycles. The number of nitrogens with zero attached hydrogens (tertiary/aromatic N) is 1. The van der Waals surface area contributed by atoms with Gasteiger partial charge >= 0.3 is 0 Å². The second-order valence-corrected chi connectivity index (χ2v) is 6.08. The van der Waals surface area contributed by atoms with Gasteiger partial charge in [0, 0.05) is 13.1 Å². The Morgan fingerprint density at radius 1 is 1.43 bits per heavy atom. The Labute approximate surface area is 126 Å². The number of rotatable bonds is 3. The summed E-state index contributed by atoms with van der Waals surface area (Å²) in [7, 11) is 0. The predicted molar refractivity (Wildman–Crippen MR) is 83.7 cm³/mol. The lowest BCUT2D eigenvalue weighted by Crippen LogP contribution is -2.45. The molecule has 4 nitrogen and oxygen atoms in total. The van der Waals surface area contributed by atoms with Crippen LogP contribution in [0.1, 0.15) is 32.6 Å². The van der Waals surface area contributed by atoms with Crippen LogP contribution in [-0.2, 0) is 4.79 Å².